The quantitative estimate of drug-likeness (QED) is 0.469. The standard InChI is InChI=1S/C19H28N4O6S2/c1-12(2)22-30(25,26)11-17-8-6-16(7-9-17)10-20-19(24)14(4)23-31(27,28)18-13(3)21-29-15(18)5/h6-9,12,14,22-23H,10-11H2,1-5H3,(H,20,24)/t14-/m0/s1. The molecule has 0 bridgehead atoms. The summed E-state index contributed by atoms with van der Waals surface area (Å²) in [5, 5.41) is 6.27. The summed E-state index contributed by atoms with van der Waals surface area (Å²) in [6.45, 7) is 8.07. The van der Waals surface area contributed by atoms with Crippen molar-refractivity contribution in [1.29, 1.82) is 0 Å². The van der Waals surface area contributed by atoms with Crippen molar-refractivity contribution in [2.75, 3.05) is 0 Å². The van der Waals surface area contributed by atoms with E-state index in [0.29, 0.717) is 5.56 Å². The number of carbonyl (C=O) groups excluding carboxylic acids is 1. The molecule has 0 spiro atoms. The number of benzene rings is 1. The summed E-state index contributed by atoms with van der Waals surface area (Å²) in [4.78, 5) is 12.2. The third-order valence-electron chi connectivity index (χ3n) is 4.22. The number of nitrogens with one attached hydrogen (secondary N) is 3. The molecule has 2 aromatic rings. The number of rotatable bonds is 10. The number of hydrogen-bond acceptors (Lipinski definition) is 7. The van der Waals surface area contributed by atoms with Crippen molar-refractivity contribution in [2.24, 2.45) is 0 Å². The lowest BCUT2D eigenvalue weighted by molar-refractivity contribution is -0.122. The van der Waals surface area contributed by atoms with Gasteiger partial charge in [-0.25, -0.2) is 21.6 Å². The molecule has 1 aromatic heterocycles. The molecule has 1 atom stereocenters. The predicted octanol–water partition coefficient (Wildman–Crippen LogP) is 1.10. The van der Waals surface area contributed by atoms with Crippen LogP contribution in [0, 0.1) is 13.8 Å². The Morgan fingerprint density at radius 3 is 2.10 bits per heavy atom. The molecule has 0 unspecified atom stereocenters. The van der Waals surface area contributed by atoms with Crippen LogP contribution in [-0.2, 0) is 37.1 Å². The van der Waals surface area contributed by atoms with Gasteiger partial charge in [0.2, 0.25) is 26.0 Å². The van der Waals surface area contributed by atoms with E-state index in [-0.39, 0.29) is 34.7 Å². The monoisotopic (exact) mass is 472 g/mol. The zero-order chi connectivity index (χ0) is 23.4. The molecular formula is C19H28N4O6S2. The Balaban J connectivity index is 1.93. The van der Waals surface area contributed by atoms with Gasteiger partial charge in [-0.2, -0.15) is 4.72 Å². The molecular weight excluding hydrogens is 444 g/mol. The molecule has 0 aliphatic heterocycles. The number of nitrogens with zero attached hydrogens (tertiary/aromatic N) is 1. The van der Waals surface area contributed by atoms with E-state index in [1.807, 2.05) is 0 Å². The van der Waals surface area contributed by atoms with Crippen molar-refractivity contribution in [3.05, 3.63) is 46.8 Å². The van der Waals surface area contributed by atoms with Crippen LogP contribution in [0.5, 0.6) is 0 Å². The van der Waals surface area contributed by atoms with E-state index in [4.69, 9.17) is 4.52 Å². The minimum absolute atomic E-state index is 0.0790. The van der Waals surface area contributed by atoms with Crippen LogP contribution in [0.2, 0.25) is 0 Å². The number of aryl methyl sites for hydroxylation is 2. The van der Waals surface area contributed by atoms with Gasteiger partial charge in [0.05, 0.1) is 11.8 Å². The molecule has 0 saturated heterocycles. The van der Waals surface area contributed by atoms with Gasteiger partial charge in [-0.05, 0) is 45.7 Å². The number of sulfonamides is 2. The Labute approximate surface area is 182 Å². The highest BCUT2D eigenvalue weighted by Gasteiger charge is 2.28. The fourth-order valence-electron chi connectivity index (χ4n) is 2.92. The van der Waals surface area contributed by atoms with Gasteiger partial charge in [0, 0.05) is 12.6 Å². The molecule has 31 heavy (non-hydrogen) atoms. The lowest BCUT2D eigenvalue weighted by Crippen LogP contribution is -2.44. The Bertz CT molecular complexity index is 1100. The number of amides is 1. The Hall–Kier alpha value is -2.28. The van der Waals surface area contributed by atoms with Crippen LogP contribution in [0.3, 0.4) is 0 Å². The normalized spacial score (nSPS) is 13.4. The molecule has 12 heteroatoms. The molecule has 1 amide bonds. The van der Waals surface area contributed by atoms with Gasteiger partial charge < -0.3 is 9.84 Å². The first-order chi connectivity index (χ1) is 14.3. The highest BCUT2D eigenvalue weighted by Crippen LogP contribution is 2.18. The lowest BCUT2D eigenvalue weighted by atomic mass is 10.1. The van der Waals surface area contributed by atoms with E-state index in [9.17, 15) is 21.6 Å². The summed E-state index contributed by atoms with van der Waals surface area (Å²) < 4.78 is 58.7. The lowest BCUT2D eigenvalue weighted by Gasteiger charge is -2.14. The molecule has 10 nitrogen and oxygen atoms in total. The van der Waals surface area contributed by atoms with Crippen molar-refractivity contribution >= 4 is 26.0 Å². The van der Waals surface area contributed by atoms with E-state index in [0.717, 1.165) is 5.56 Å². The zero-order valence-electron chi connectivity index (χ0n) is 18.1. The molecule has 0 fully saturated rings. The van der Waals surface area contributed by atoms with Crippen molar-refractivity contribution in [1.82, 2.24) is 19.9 Å². The second-order valence-corrected chi connectivity index (χ2v) is 11.0. The third-order valence-corrected chi connectivity index (χ3v) is 7.55. The topological polar surface area (TPSA) is 147 Å². The van der Waals surface area contributed by atoms with Crippen LogP contribution in [0.15, 0.2) is 33.7 Å². The summed E-state index contributed by atoms with van der Waals surface area (Å²) >= 11 is 0. The molecule has 2 rings (SSSR count). The van der Waals surface area contributed by atoms with Gasteiger partial charge in [-0.1, -0.05) is 29.4 Å². The second kappa shape index (κ2) is 9.90. The number of carbonyl (C=O) groups is 1. The van der Waals surface area contributed by atoms with Crippen molar-refractivity contribution in [3.63, 3.8) is 0 Å². The van der Waals surface area contributed by atoms with E-state index in [2.05, 4.69) is 19.9 Å². The average Bonchev–Trinajstić information content (AvgIpc) is 2.98. The van der Waals surface area contributed by atoms with Gasteiger partial charge in [0.1, 0.15) is 10.6 Å². The van der Waals surface area contributed by atoms with E-state index >= 15 is 0 Å². The first-order valence-electron chi connectivity index (χ1n) is 9.61. The van der Waals surface area contributed by atoms with E-state index < -0.39 is 32.0 Å². The fourth-order valence-corrected chi connectivity index (χ4v) is 5.88. The molecule has 1 heterocycles. The second-order valence-electron chi connectivity index (χ2n) is 7.56. The van der Waals surface area contributed by atoms with Crippen molar-refractivity contribution in [3.8, 4) is 0 Å². The maximum atomic E-state index is 12.5. The Morgan fingerprint density at radius 2 is 1.58 bits per heavy atom. The minimum atomic E-state index is -3.97. The minimum Gasteiger partial charge on any atom is -0.360 e. The SMILES string of the molecule is Cc1noc(C)c1S(=O)(=O)N[C@@H](C)C(=O)NCc1ccc(CS(=O)(=O)NC(C)C)cc1. The predicted molar refractivity (Wildman–Crippen MR) is 115 cm³/mol. The largest absolute Gasteiger partial charge is 0.360 e. The molecule has 0 radical (unpaired) electrons. The smallest absolute Gasteiger partial charge is 0.246 e. The maximum absolute atomic E-state index is 12.5. The molecule has 0 saturated carbocycles. The summed E-state index contributed by atoms with van der Waals surface area (Å²) in [6.07, 6.45) is 0. The summed E-state index contributed by atoms with van der Waals surface area (Å²) in [5.41, 5.74) is 1.57. The van der Waals surface area contributed by atoms with Crippen LogP contribution in [0.1, 0.15) is 43.4 Å². The first-order valence-corrected chi connectivity index (χ1v) is 12.7. The van der Waals surface area contributed by atoms with Crippen LogP contribution in [-0.4, -0.2) is 40.0 Å². The van der Waals surface area contributed by atoms with Gasteiger partial charge >= 0.3 is 0 Å². The van der Waals surface area contributed by atoms with Crippen LogP contribution in [0.4, 0.5) is 0 Å². The van der Waals surface area contributed by atoms with Crippen LogP contribution in [0.25, 0.3) is 0 Å². The molecule has 172 valence electrons. The summed E-state index contributed by atoms with van der Waals surface area (Å²) in [5.74, 6) is -0.510. The Morgan fingerprint density at radius 1 is 1.00 bits per heavy atom. The highest BCUT2D eigenvalue weighted by molar-refractivity contribution is 7.89. The summed E-state index contributed by atoms with van der Waals surface area (Å²) in [7, 11) is -7.39. The third kappa shape index (κ3) is 7.13. The van der Waals surface area contributed by atoms with Gasteiger partial charge in [-0.3, -0.25) is 4.79 Å². The molecule has 0 aliphatic carbocycles. The number of aromatic nitrogens is 1. The summed E-state index contributed by atoms with van der Waals surface area (Å²) in [6, 6.07) is 5.55. The van der Waals surface area contributed by atoms with Crippen LogP contribution >= 0.6 is 0 Å². The van der Waals surface area contributed by atoms with Crippen LogP contribution < -0.4 is 14.8 Å². The van der Waals surface area contributed by atoms with Gasteiger partial charge in [0.25, 0.3) is 0 Å². The van der Waals surface area contributed by atoms with Crippen molar-refractivity contribution < 1.29 is 26.2 Å². The zero-order valence-corrected chi connectivity index (χ0v) is 19.7. The van der Waals surface area contributed by atoms with E-state index in [1.165, 1.54) is 20.8 Å². The van der Waals surface area contributed by atoms with E-state index in [1.54, 1.807) is 38.1 Å². The molecule has 1 aromatic carbocycles. The maximum Gasteiger partial charge on any atom is 0.246 e. The highest BCUT2D eigenvalue weighted by atomic mass is 32.2. The van der Waals surface area contributed by atoms with Gasteiger partial charge in [-0.15, -0.1) is 0 Å². The fraction of sp³-hybridized carbons (Fsp3) is 0.474. The van der Waals surface area contributed by atoms with Crippen molar-refractivity contribution in [2.45, 2.75) is 63.9 Å². The Kier molecular flexibility index (Phi) is 7.98. The number of hydrogen-bond donors (Lipinski definition) is 3. The first kappa shape index (κ1) is 25.0. The molecule has 3 N–H and O–H groups in total. The average molecular weight is 473 g/mol. The van der Waals surface area contributed by atoms with Gasteiger partial charge in [0.15, 0.2) is 5.76 Å². The molecule has 0 aliphatic rings.